The van der Waals surface area contributed by atoms with Crippen LogP contribution in [0.1, 0.15) is 29.8 Å². The molecule has 0 bridgehead atoms. The number of hydrogen-bond acceptors (Lipinski definition) is 3. The number of aromatic amines is 1. The lowest BCUT2D eigenvalue weighted by molar-refractivity contribution is -0.384. The Morgan fingerprint density at radius 1 is 1.53 bits per heavy atom. The van der Waals surface area contributed by atoms with Crippen molar-refractivity contribution in [1.29, 1.82) is 0 Å². The third kappa shape index (κ3) is 3.26. The number of hydrogen-bond donors (Lipinski definition) is 2. The summed E-state index contributed by atoms with van der Waals surface area (Å²) in [4.78, 5) is 24.4. The molecule has 2 unspecified atom stereocenters. The number of nitrogens with one attached hydrogen (secondary N) is 2. The third-order valence-electron chi connectivity index (χ3n) is 3.66. The summed E-state index contributed by atoms with van der Waals surface area (Å²) < 4.78 is 0. The highest BCUT2D eigenvalue weighted by atomic mass is 35.5. The quantitative estimate of drug-likeness (QED) is 0.494. The third-order valence-corrected chi connectivity index (χ3v) is 4.06. The Labute approximate surface area is 115 Å². The average Bonchev–Trinajstić information content (AvgIpc) is 3.04. The Kier molecular flexibility index (Phi) is 4.42. The zero-order valence-electron chi connectivity index (χ0n) is 10.4. The van der Waals surface area contributed by atoms with E-state index < -0.39 is 4.92 Å². The van der Waals surface area contributed by atoms with Crippen LogP contribution in [-0.2, 0) is 0 Å². The molecule has 0 saturated heterocycles. The number of carbonyl (C=O) groups excluding carboxylic acids is 1. The van der Waals surface area contributed by atoms with E-state index in [4.69, 9.17) is 11.6 Å². The van der Waals surface area contributed by atoms with Gasteiger partial charge in [-0.2, -0.15) is 0 Å². The Hall–Kier alpha value is -1.56. The first-order valence-corrected chi connectivity index (χ1v) is 6.82. The fourth-order valence-electron chi connectivity index (χ4n) is 2.52. The summed E-state index contributed by atoms with van der Waals surface area (Å²) in [6.07, 6.45) is 4.54. The molecule has 1 saturated carbocycles. The van der Waals surface area contributed by atoms with Gasteiger partial charge >= 0.3 is 0 Å². The second kappa shape index (κ2) is 6.06. The van der Waals surface area contributed by atoms with Crippen molar-refractivity contribution < 1.29 is 9.72 Å². The van der Waals surface area contributed by atoms with Crippen molar-refractivity contribution in [2.24, 2.45) is 11.8 Å². The van der Waals surface area contributed by atoms with Gasteiger partial charge in [-0.05, 0) is 24.7 Å². The largest absolute Gasteiger partial charge is 0.351 e. The maximum absolute atomic E-state index is 11.8. The van der Waals surface area contributed by atoms with Crippen molar-refractivity contribution >= 4 is 23.2 Å². The van der Waals surface area contributed by atoms with E-state index in [1.165, 1.54) is 12.3 Å². The monoisotopic (exact) mass is 285 g/mol. The van der Waals surface area contributed by atoms with E-state index in [9.17, 15) is 14.9 Å². The molecule has 6 nitrogen and oxygen atoms in total. The molecule has 1 heterocycles. The smallest absolute Gasteiger partial charge is 0.287 e. The summed E-state index contributed by atoms with van der Waals surface area (Å²) in [5, 5.41) is 13.3. The van der Waals surface area contributed by atoms with Crippen LogP contribution < -0.4 is 5.32 Å². The van der Waals surface area contributed by atoms with Gasteiger partial charge in [-0.3, -0.25) is 14.9 Å². The predicted molar refractivity (Wildman–Crippen MR) is 71.3 cm³/mol. The van der Waals surface area contributed by atoms with E-state index in [0.29, 0.717) is 24.3 Å². The molecule has 2 N–H and O–H groups in total. The minimum Gasteiger partial charge on any atom is -0.351 e. The molecule has 104 valence electrons. The number of rotatable bonds is 5. The SMILES string of the molecule is O=C(NCC1CCCC1CCl)c1cc([N+](=O)[O-])c[nH]1. The number of halogens is 1. The lowest BCUT2D eigenvalue weighted by atomic mass is 9.98. The van der Waals surface area contributed by atoms with E-state index >= 15 is 0 Å². The van der Waals surface area contributed by atoms with Crippen molar-refractivity contribution in [3.05, 3.63) is 28.1 Å². The number of H-pyrrole nitrogens is 1. The summed E-state index contributed by atoms with van der Waals surface area (Å²) in [6, 6.07) is 1.24. The Morgan fingerprint density at radius 3 is 2.89 bits per heavy atom. The number of nitro groups is 1. The summed E-state index contributed by atoms with van der Waals surface area (Å²) in [5.74, 6) is 1.17. The molecule has 2 atom stereocenters. The molecular formula is C12H16ClN3O3. The van der Waals surface area contributed by atoms with Crippen LogP contribution in [0.25, 0.3) is 0 Å². The number of alkyl halides is 1. The first kappa shape index (κ1) is 13.9. The first-order chi connectivity index (χ1) is 9.11. The standard InChI is InChI=1S/C12H16ClN3O3/c13-5-8-2-1-3-9(8)6-15-12(17)11-4-10(7-14-11)16(18)19/h4,7-9,14H,1-3,5-6H2,(H,15,17). The zero-order valence-corrected chi connectivity index (χ0v) is 11.2. The maximum Gasteiger partial charge on any atom is 0.287 e. The molecule has 2 rings (SSSR count). The summed E-state index contributed by atoms with van der Waals surface area (Å²) in [6.45, 7) is 0.572. The van der Waals surface area contributed by atoms with Crippen molar-refractivity contribution in [2.45, 2.75) is 19.3 Å². The highest BCUT2D eigenvalue weighted by Crippen LogP contribution is 2.31. The van der Waals surface area contributed by atoms with Crippen LogP contribution >= 0.6 is 11.6 Å². The topological polar surface area (TPSA) is 88.0 Å². The lowest BCUT2D eigenvalue weighted by Crippen LogP contribution is -2.31. The molecule has 1 fully saturated rings. The molecule has 0 spiro atoms. The van der Waals surface area contributed by atoms with Crippen LogP contribution in [0.15, 0.2) is 12.3 Å². The van der Waals surface area contributed by atoms with Crippen molar-refractivity contribution in [3.63, 3.8) is 0 Å². The molecule has 1 aromatic heterocycles. The maximum atomic E-state index is 11.8. The van der Waals surface area contributed by atoms with Crippen molar-refractivity contribution in [3.8, 4) is 0 Å². The van der Waals surface area contributed by atoms with Crippen LogP contribution in [0, 0.1) is 22.0 Å². The molecule has 0 aliphatic heterocycles. The Balaban J connectivity index is 1.88. The van der Waals surface area contributed by atoms with Crippen LogP contribution in [0.4, 0.5) is 5.69 Å². The molecule has 7 heteroatoms. The summed E-state index contributed by atoms with van der Waals surface area (Å²) in [5.41, 5.74) is 0.108. The number of nitrogens with zero attached hydrogens (tertiary/aromatic N) is 1. The molecule has 0 aromatic carbocycles. The van der Waals surface area contributed by atoms with Gasteiger partial charge in [-0.25, -0.2) is 0 Å². The zero-order chi connectivity index (χ0) is 13.8. The minimum atomic E-state index is -0.534. The van der Waals surface area contributed by atoms with Gasteiger partial charge in [-0.15, -0.1) is 11.6 Å². The van der Waals surface area contributed by atoms with Crippen LogP contribution in [0.5, 0.6) is 0 Å². The van der Waals surface area contributed by atoms with Gasteiger partial charge in [0.05, 0.1) is 11.1 Å². The predicted octanol–water partition coefficient (Wildman–Crippen LogP) is 2.31. The molecule has 19 heavy (non-hydrogen) atoms. The first-order valence-electron chi connectivity index (χ1n) is 6.28. The van der Waals surface area contributed by atoms with Gasteiger partial charge in [0.2, 0.25) is 0 Å². The second-order valence-electron chi connectivity index (χ2n) is 4.84. The van der Waals surface area contributed by atoms with Gasteiger partial charge in [0.15, 0.2) is 0 Å². The molecule has 1 amide bonds. The van der Waals surface area contributed by atoms with Gasteiger partial charge < -0.3 is 10.3 Å². The van der Waals surface area contributed by atoms with Crippen LogP contribution in [0.3, 0.4) is 0 Å². The number of aromatic nitrogens is 1. The normalized spacial score (nSPS) is 22.4. The average molecular weight is 286 g/mol. The summed E-state index contributed by atoms with van der Waals surface area (Å²) in [7, 11) is 0. The van der Waals surface area contributed by atoms with E-state index in [0.717, 1.165) is 19.3 Å². The molecular weight excluding hydrogens is 270 g/mol. The fraction of sp³-hybridized carbons (Fsp3) is 0.583. The summed E-state index contributed by atoms with van der Waals surface area (Å²) >= 11 is 5.88. The van der Waals surface area contributed by atoms with Crippen molar-refractivity contribution in [1.82, 2.24) is 10.3 Å². The van der Waals surface area contributed by atoms with Crippen LogP contribution in [-0.4, -0.2) is 28.2 Å². The Bertz CT molecular complexity index is 475. The highest BCUT2D eigenvalue weighted by Gasteiger charge is 2.27. The van der Waals surface area contributed by atoms with Gasteiger partial charge in [0.1, 0.15) is 5.69 Å². The fourth-order valence-corrected chi connectivity index (χ4v) is 2.93. The van der Waals surface area contributed by atoms with E-state index in [2.05, 4.69) is 10.3 Å². The van der Waals surface area contributed by atoms with Gasteiger partial charge in [0.25, 0.3) is 11.6 Å². The second-order valence-corrected chi connectivity index (χ2v) is 5.15. The Morgan fingerprint density at radius 2 is 2.26 bits per heavy atom. The van der Waals surface area contributed by atoms with E-state index in [1.807, 2.05) is 0 Å². The molecule has 1 aromatic rings. The molecule has 0 radical (unpaired) electrons. The van der Waals surface area contributed by atoms with E-state index in [1.54, 1.807) is 0 Å². The van der Waals surface area contributed by atoms with Gasteiger partial charge in [-0.1, -0.05) is 6.42 Å². The van der Waals surface area contributed by atoms with Crippen molar-refractivity contribution in [2.75, 3.05) is 12.4 Å². The number of carbonyl (C=O) groups is 1. The molecule has 1 aliphatic rings. The lowest BCUT2D eigenvalue weighted by Gasteiger charge is -2.17. The minimum absolute atomic E-state index is 0.107. The number of amides is 1. The highest BCUT2D eigenvalue weighted by molar-refractivity contribution is 6.18. The van der Waals surface area contributed by atoms with Crippen LogP contribution in [0.2, 0.25) is 0 Å². The van der Waals surface area contributed by atoms with Gasteiger partial charge in [0, 0.05) is 18.5 Å². The molecule has 1 aliphatic carbocycles. The van der Waals surface area contributed by atoms with E-state index in [-0.39, 0.29) is 17.3 Å².